The van der Waals surface area contributed by atoms with Gasteiger partial charge in [-0.05, 0) is 24.7 Å². The number of ether oxygens (including phenoxy) is 1. The highest BCUT2D eigenvalue weighted by Gasteiger charge is 2.56. The fourth-order valence-corrected chi connectivity index (χ4v) is 5.91. The van der Waals surface area contributed by atoms with Gasteiger partial charge in [-0.3, -0.25) is 9.78 Å². The zero-order valence-electron chi connectivity index (χ0n) is 20.6. The molecular formula is C26H28F5N3O3. The lowest BCUT2D eigenvalue weighted by molar-refractivity contribution is -0.232. The molecule has 6 nitrogen and oxygen atoms in total. The van der Waals surface area contributed by atoms with Crippen molar-refractivity contribution in [2.24, 2.45) is 17.8 Å². The lowest BCUT2D eigenvalue weighted by Gasteiger charge is -2.50. The SMILES string of the molecule is C[C@@H]1CN(C(=O)[C@@H]2CN(C)C[C@H]2c2ccc(F)cc2F)C[C@H](C)[C@@]1(OC(=O)C(F)(F)F)c1cccnc1. The predicted octanol–water partition coefficient (Wildman–Crippen LogP) is 4.12. The molecule has 4 rings (SSSR count). The normalized spacial score (nSPS) is 28.8. The van der Waals surface area contributed by atoms with Crippen molar-refractivity contribution in [2.45, 2.75) is 31.5 Å². The zero-order valence-corrected chi connectivity index (χ0v) is 20.6. The summed E-state index contributed by atoms with van der Waals surface area (Å²) in [6, 6.07) is 6.39. The maximum atomic E-state index is 14.6. The second-order valence-electron chi connectivity index (χ2n) is 10.1. The third kappa shape index (κ3) is 5.05. The number of carbonyl (C=O) groups excluding carboxylic acids is 2. The number of pyridine rings is 1. The number of nitrogens with zero attached hydrogens (tertiary/aromatic N) is 3. The topological polar surface area (TPSA) is 62.7 Å². The summed E-state index contributed by atoms with van der Waals surface area (Å²) in [4.78, 5) is 33.2. The molecule has 2 aliphatic heterocycles. The van der Waals surface area contributed by atoms with E-state index < -0.39 is 53.1 Å². The highest BCUT2D eigenvalue weighted by atomic mass is 19.4. The summed E-state index contributed by atoms with van der Waals surface area (Å²) in [5.74, 6) is -6.60. The number of aromatic nitrogens is 1. The van der Waals surface area contributed by atoms with E-state index in [0.29, 0.717) is 18.7 Å². The molecule has 0 spiro atoms. The largest absolute Gasteiger partial charge is 0.490 e. The summed E-state index contributed by atoms with van der Waals surface area (Å²) < 4.78 is 73.0. The van der Waals surface area contributed by atoms with Crippen LogP contribution in [0.3, 0.4) is 0 Å². The maximum Gasteiger partial charge on any atom is 0.490 e. The maximum absolute atomic E-state index is 14.6. The summed E-state index contributed by atoms with van der Waals surface area (Å²) in [6.45, 7) is 4.02. The van der Waals surface area contributed by atoms with Gasteiger partial charge < -0.3 is 14.5 Å². The Labute approximate surface area is 211 Å². The van der Waals surface area contributed by atoms with Crippen molar-refractivity contribution in [2.75, 3.05) is 33.2 Å². The van der Waals surface area contributed by atoms with Gasteiger partial charge >= 0.3 is 12.1 Å². The predicted molar refractivity (Wildman–Crippen MR) is 123 cm³/mol. The molecule has 37 heavy (non-hydrogen) atoms. The minimum absolute atomic E-state index is 0.0159. The Balaban J connectivity index is 1.63. The number of halogens is 5. The molecule has 0 unspecified atom stereocenters. The Morgan fingerprint density at radius 1 is 1.05 bits per heavy atom. The van der Waals surface area contributed by atoms with Crippen molar-refractivity contribution in [3.8, 4) is 0 Å². The molecule has 0 aliphatic carbocycles. The highest BCUT2D eigenvalue weighted by Crippen LogP contribution is 2.46. The van der Waals surface area contributed by atoms with Gasteiger partial charge in [0.05, 0.1) is 5.92 Å². The Hall–Kier alpha value is -3.08. The lowest BCUT2D eigenvalue weighted by Crippen LogP contribution is -2.59. The number of carbonyl (C=O) groups is 2. The lowest BCUT2D eigenvalue weighted by atomic mass is 9.70. The van der Waals surface area contributed by atoms with Gasteiger partial charge in [0.1, 0.15) is 17.2 Å². The molecule has 11 heteroatoms. The number of rotatable bonds is 4. The molecule has 1 aromatic heterocycles. The van der Waals surface area contributed by atoms with Crippen molar-refractivity contribution in [1.82, 2.24) is 14.8 Å². The molecule has 2 fully saturated rings. The van der Waals surface area contributed by atoms with Gasteiger partial charge in [0.15, 0.2) is 0 Å². The molecular weight excluding hydrogens is 497 g/mol. The van der Waals surface area contributed by atoms with Crippen LogP contribution in [0.2, 0.25) is 0 Å². The Kier molecular flexibility index (Phi) is 7.29. The fraction of sp³-hybridized carbons (Fsp3) is 0.500. The zero-order chi connectivity index (χ0) is 27.1. The number of likely N-dealkylation sites (tertiary alicyclic amines) is 2. The Morgan fingerprint density at radius 2 is 1.73 bits per heavy atom. The second kappa shape index (κ2) is 10.00. The third-order valence-corrected chi connectivity index (χ3v) is 7.55. The molecule has 0 radical (unpaired) electrons. The number of alkyl halides is 3. The van der Waals surface area contributed by atoms with Crippen LogP contribution in [0.15, 0.2) is 42.7 Å². The Bertz CT molecular complexity index is 1150. The van der Waals surface area contributed by atoms with Gasteiger partial charge in [0, 0.05) is 68.0 Å². The first-order chi connectivity index (χ1) is 17.3. The van der Waals surface area contributed by atoms with Gasteiger partial charge in [-0.1, -0.05) is 26.0 Å². The van der Waals surface area contributed by atoms with Crippen molar-refractivity contribution in [3.05, 3.63) is 65.5 Å². The van der Waals surface area contributed by atoms with Crippen molar-refractivity contribution >= 4 is 11.9 Å². The minimum atomic E-state index is -5.19. The number of amides is 1. The number of benzene rings is 1. The highest BCUT2D eigenvalue weighted by molar-refractivity contribution is 5.81. The molecule has 1 amide bonds. The van der Waals surface area contributed by atoms with Gasteiger partial charge in [0.25, 0.3) is 0 Å². The first-order valence-corrected chi connectivity index (χ1v) is 12.0. The molecule has 2 saturated heterocycles. The number of hydrogen-bond donors (Lipinski definition) is 0. The van der Waals surface area contributed by atoms with E-state index >= 15 is 0 Å². The average Bonchev–Trinajstić information content (AvgIpc) is 3.21. The molecule has 0 N–H and O–H groups in total. The van der Waals surface area contributed by atoms with Gasteiger partial charge in [-0.2, -0.15) is 13.2 Å². The van der Waals surface area contributed by atoms with E-state index in [-0.39, 0.29) is 24.6 Å². The summed E-state index contributed by atoms with van der Waals surface area (Å²) in [5.41, 5.74) is -1.11. The van der Waals surface area contributed by atoms with E-state index in [0.717, 1.165) is 12.1 Å². The van der Waals surface area contributed by atoms with E-state index in [1.807, 2.05) is 4.90 Å². The number of piperidine rings is 1. The molecule has 200 valence electrons. The van der Waals surface area contributed by atoms with Gasteiger partial charge in [0.2, 0.25) is 5.91 Å². The molecule has 5 atom stereocenters. The van der Waals surface area contributed by atoms with Crippen LogP contribution in [0.25, 0.3) is 0 Å². The summed E-state index contributed by atoms with van der Waals surface area (Å²) >= 11 is 0. The van der Waals surface area contributed by atoms with E-state index in [2.05, 4.69) is 4.98 Å². The smallest absolute Gasteiger partial charge is 0.447 e. The quantitative estimate of drug-likeness (QED) is 0.444. The minimum Gasteiger partial charge on any atom is -0.447 e. The standard InChI is InChI=1S/C26H28F5N3O3/c1-15-11-34(23(35)21-14-33(3)13-20(21)19-7-6-18(27)9-22(19)28)12-16(2)25(15,17-5-4-8-32-10-17)37-24(36)26(29,30)31/h4-10,15-16,20-21H,11-14H2,1-3H3/t15-,16+,20-,21+,25-/m0/s1. The third-order valence-electron chi connectivity index (χ3n) is 7.55. The Morgan fingerprint density at radius 3 is 2.30 bits per heavy atom. The van der Waals surface area contributed by atoms with Gasteiger partial charge in [-0.25, -0.2) is 13.6 Å². The van der Waals surface area contributed by atoms with Crippen LogP contribution < -0.4 is 0 Å². The second-order valence-corrected chi connectivity index (χ2v) is 10.1. The van der Waals surface area contributed by atoms with E-state index in [4.69, 9.17) is 4.74 Å². The monoisotopic (exact) mass is 525 g/mol. The van der Waals surface area contributed by atoms with Crippen LogP contribution in [0, 0.1) is 29.4 Å². The first kappa shape index (κ1) is 27.0. The van der Waals surface area contributed by atoms with Crippen LogP contribution >= 0.6 is 0 Å². The van der Waals surface area contributed by atoms with Crippen LogP contribution in [0.4, 0.5) is 22.0 Å². The van der Waals surface area contributed by atoms with Crippen LogP contribution in [0.1, 0.15) is 30.9 Å². The van der Waals surface area contributed by atoms with Crippen molar-refractivity contribution < 1.29 is 36.3 Å². The van der Waals surface area contributed by atoms with Gasteiger partial charge in [-0.15, -0.1) is 0 Å². The molecule has 3 heterocycles. The van der Waals surface area contributed by atoms with Crippen LogP contribution in [-0.2, 0) is 19.9 Å². The van der Waals surface area contributed by atoms with E-state index in [1.165, 1.54) is 18.5 Å². The molecule has 2 aromatic rings. The fourth-order valence-electron chi connectivity index (χ4n) is 5.91. The van der Waals surface area contributed by atoms with E-state index in [9.17, 15) is 31.5 Å². The molecule has 0 bridgehead atoms. The summed E-state index contributed by atoms with van der Waals surface area (Å²) in [5, 5.41) is 0. The average molecular weight is 526 g/mol. The summed E-state index contributed by atoms with van der Waals surface area (Å²) in [6.07, 6.45) is -2.36. The van der Waals surface area contributed by atoms with Crippen molar-refractivity contribution in [1.29, 1.82) is 0 Å². The molecule has 0 saturated carbocycles. The van der Waals surface area contributed by atoms with Crippen molar-refractivity contribution in [3.63, 3.8) is 0 Å². The first-order valence-electron chi connectivity index (χ1n) is 12.0. The number of esters is 1. The molecule has 2 aliphatic rings. The van der Waals surface area contributed by atoms with Crippen LogP contribution in [0.5, 0.6) is 0 Å². The number of hydrogen-bond acceptors (Lipinski definition) is 5. The number of likely N-dealkylation sites (N-methyl/N-ethyl adjacent to an activating group) is 1. The van der Waals surface area contributed by atoms with E-state index in [1.54, 1.807) is 37.9 Å². The van der Waals surface area contributed by atoms with Crippen LogP contribution in [-0.4, -0.2) is 66.1 Å². The summed E-state index contributed by atoms with van der Waals surface area (Å²) in [7, 11) is 1.80. The molecule has 1 aromatic carbocycles.